The summed E-state index contributed by atoms with van der Waals surface area (Å²) in [5.74, 6) is 0.490. The first kappa shape index (κ1) is 20.7. The highest BCUT2D eigenvalue weighted by molar-refractivity contribution is 5.86. The van der Waals surface area contributed by atoms with E-state index in [2.05, 4.69) is 25.7 Å². The van der Waals surface area contributed by atoms with Gasteiger partial charge in [-0.3, -0.25) is 0 Å². The largest absolute Gasteiger partial charge is 0.460 e. The van der Waals surface area contributed by atoms with Crippen LogP contribution in [0.25, 0.3) is 0 Å². The average Bonchev–Trinajstić information content (AvgIpc) is 2.59. The fourth-order valence-electron chi connectivity index (χ4n) is 1.71. The van der Waals surface area contributed by atoms with Gasteiger partial charge in [-0.05, 0) is 30.5 Å². The summed E-state index contributed by atoms with van der Waals surface area (Å²) in [6.45, 7) is 10.8. The van der Waals surface area contributed by atoms with Gasteiger partial charge in [-0.25, -0.2) is 9.59 Å². The molecule has 1 aromatic rings. The molecule has 1 aromatic carbocycles. The van der Waals surface area contributed by atoms with Gasteiger partial charge in [-0.15, -0.1) is 0 Å². The van der Waals surface area contributed by atoms with Gasteiger partial charge in [0.1, 0.15) is 12.4 Å². The minimum atomic E-state index is -0.604. The van der Waals surface area contributed by atoms with Gasteiger partial charge >= 0.3 is 12.1 Å². The van der Waals surface area contributed by atoms with Gasteiger partial charge in [0, 0.05) is 13.6 Å². The Balaban J connectivity index is 0.00000625. The van der Waals surface area contributed by atoms with E-state index in [-0.39, 0.29) is 14.6 Å². The number of benzene rings is 1. The summed E-state index contributed by atoms with van der Waals surface area (Å²) in [4.78, 5) is 22.8. The average molecular weight is 351 g/mol. The molecule has 0 radical (unpaired) electrons. The standard InChI is InChI=1S/C19H27NO5.H2/c1-5-15(4)12-23-13-16-6-8-17(9-7-16)25-19(22)20-10-11-24-18(21)14(2)3;/h6-9,15H,2,5,10-13H2,1,3-4H3,(H,20,22);1H. The van der Waals surface area contributed by atoms with Gasteiger partial charge in [-0.2, -0.15) is 0 Å². The Morgan fingerprint density at radius 2 is 1.96 bits per heavy atom. The highest BCUT2D eigenvalue weighted by atomic mass is 16.6. The lowest BCUT2D eigenvalue weighted by atomic mass is 10.1. The van der Waals surface area contributed by atoms with Crippen LogP contribution in [-0.2, 0) is 20.9 Å². The van der Waals surface area contributed by atoms with Crippen LogP contribution in [0.4, 0.5) is 4.79 Å². The third kappa shape index (κ3) is 8.91. The summed E-state index contributed by atoms with van der Waals surface area (Å²) in [5.41, 5.74) is 1.33. The normalized spacial score (nSPS) is 11.5. The predicted molar refractivity (Wildman–Crippen MR) is 97.5 cm³/mol. The molecule has 1 atom stereocenters. The molecule has 0 aliphatic heterocycles. The zero-order valence-electron chi connectivity index (χ0n) is 15.2. The number of esters is 1. The molecule has 0 saturated carbocycles. The fourth-order valence-corrected chi connectivity index (χ4v) is 1.71. The number of carbonyl (C=O) groups excluding carboxylic acids is 2. The van der Waals surface area contributed by atoms with Gasteiger partial charge in [0.2, 0.25) is 0 Å². The highest BCUT2D eigenvalue weighted by Gasteiger charge is 2.06. The summed E-state index contributed by atoms with van der Waals surface area (Å²) >= 11 is 0. The van der Waals surface area contributed by atoms with Crippen LogP contribution in [0.5, 0.6) is 5.75 Å². The van der Waals surface area contributed by atoms with Crippen LogP contribution in [0.1, 0.15) is 34.2 Å². The lowest BCUT2D eigenvalue weighted by molar-refractivity contribution is -0.138. The summed E-state index contributed by atoms with van der Waals surface area (Å²) in [5, 5.41) is 2.50. The van der Waals surface area contributed by atoms with E-state index >= 15 is 0 Å². The molecule has 1 amide bonds. The SMILES string of the molecule is C=C(C)C(=O)OCCNC(=O)Oc1ccc(COCC(C)CC)cc1.[HH]. The molecule has 1 N–H and O–H groups in total. The molecular weight excluding hydrogens is 322 g/mol. The Morgan fingerprint density at radius 1 is 1.28 bits per heavy atom. The van der Waals surface area contributed by atoms with Crippen LogP contribution < -0.4 is 10.1 Å². The van der Waals surface area contributed by atoms with Crippen molar-refractivity contribution in [1.29, 1.82) is 0 Å². The van der Waals surface area contributed by atoms with Gasteiger partial charge in [0.25, 0.3) is 0 Å². The Hall–Kier alpha value is -2.34. The van der Waals surface area contributed by atoms with E-state index in [9.17, 15) is 9.59 Å². The molecule has 6 heteroatoms. The van der Waals surface area contributed by atoms with Gasteiger partial charge in [0.15, 0.2) is 0 Å². The van der Waals surface area contributed by atoms with Crippen LogP contribution in [0.3, 0.4) is 0 Å². The molecule has 0 aliphatic carbocycles. The Morgan fingerprint density at radius 3 is 2.56 bits per heavy atom. The van der Waals surface area contributed by atoms with Crippen LogP contribution in [0, 0.1) is 5.92 Å². The van der Waals surface area contributed by atoms with E-state index in [0.717, 1.165) is 18.6 Å². The molecule has 1 rings (SSSR count). The molecule has 1 unspecified atom stereocenters. The van der Waals surface area contributed by atoms with Crippen molar-refractivity contribution in [2.75, 3.05) is 19.8 Å². The molecule has 0 saturated heterocycles. The number of amides is 1. The van der Waals surface area contributed by atoms with Crippen molar-refractivity contribution in [2.24, 2.45) is 5.92 Å². The second-order valence-electron chi connectivity index (χ2n) is 5.91. The maximum atomic E-state index is 11.6. The summed E-state index contributed by atoms with van der Waals surface area (Å²) < 4.78 is 15.6. The Kier molecular flexibility index (Phi) is 9.32. The van der Waals surface area contributed by atoms with Crippen molar-refractivity contribution in [2.45, 2.75) is 33.8 Å². The molecule has 0 bridgehead atoms. The minimum absolute atomic E-state index is 0. The topological polar surface area (TPSA) is 73.9 Å². The Labute approximate surface area is 150 Å². The maximum Gasteiger partial charge on any atom is 0.412 e. The predicted octanol–water partition coefficient (Wildman–Crippen LogP) is 3.70. The quantitative estimate of drug-likeness (QED) is 0.395. The monoisotopic (exact) mass is 351 g/mol. The first-order valence-electron chi connectivity index (χ1n) is 8.37. The number of rotatable bonds is 10. The lowest BCUT2D eigenvalue weighted by Crippen LogP contribution is -2.30. The van der Waals surface area contributed by atoms with Crippen molar-refractivity contribution in [3.05, 3.63) is 42.0 Å². The van der Waals surface area contributed by atoms with E-state index in [0.29, 0.717) is 23.8 Å². The molecular formula is C19H29NO5. The summed E-state index contributed by atoms with van der Waals surface area (Å²) in [7, 11) is 0. The lowest BCUT2D eigenvalue weighted by Gasteiger charge is -2.10. The molecule has 0 spiro atoms. The molecule has 0 aliphatic rings. The van der Waals surface area contributed by atoms with Crippen LogP contribution in [0.15, 0.2) is 36.4 Å². The van der Waals surface area contributed by atoms with Crippen LogP contribution in [-0.4, -0.2) is 31.8 Å². The molecule has 140 valence electrons. The van der Waals surface area contributed by atoms with Gasteiger partial charge in [-0.1, -0.05) is 39.0 Å². The molecule has 6 nitrogen and oxygen atoms in total. The molecule has 25 heavy (non-hydrogen) atoms. The van der Waals surface area contributed by atoms with E-state index < -0.39 is 12.1 Å². The van der Waals surface area contributed by atoms with E-state index in [1.54, 1.807) is 19.1 Å². The zero-order chi connectivity index (χ0) is 18.7. The maximum absolute atomic E-state index is 11.6. The number of carbonyl (C=O) groups is 2. The van der Waals surface area contributed by atoms with Crippen LogP contribution >= 0.6 is 0 Å². The highest BCUT2D eigenvalue weighted by Crippen LogP contribution is 2.13. The molecule has 0 heterocycles. The third-order valence-electron chi connectivity index (χ3n) is 3.45. The molecule has 0 aromatic heterocycles. The van der Waals surface area contributed by atoms with Crippen molar-refractivity contribution < 1.29 is 25.2 Å². The first-order valence-corrected chi connectivity index (χ1v) is 8.37. The second kappa shape index (κ2) is 11.3. The van der Waals surface area contributed by atoms with E-state index in [4.69, 9.17) is 14.2 Å². The third-order valence-corrected chi connectivity index (χ3v) is 3.45. The van der Waals surface area contributed by atoms with E-state index in [1.807, 2.05) is 12.1 Å². The van der Waals surface area contributed by atoms with Crippen molar-refractivity contribution >= 4 is 12.1 Å². The number of nitrogens with one attached hydrogen (secondary N) is 1. The van der Waals surface area contributed by atoms with E-state index in [1.165, 1.54) is 0 Å². The van der Waals surface area contributed by atoms with Gasteiger partial charge in [0.05, 0.1) is 13.2 Å². The Bertz CT molecular complexity index is 574. The number of hydrogen-bond donors (Lipinski definition) is 1. The zero-order valence-corrected chi connectivity index (χ0v) is 15.2. The first-order chi connectivity index (χ1) is 11.9. The fraction of sp³-hybridized carbons (Fsp3) is 0.474. The smallest absolute Gasteiger partial charge is 0.412 e. The summed E-state index contributed by atoms with van der Waals surface area (Å²) in [6.07, 6.45) is 0.487. The van der Waals surface area contributed by atoms with Crippen molar-refractivity contribution in [3.63, 3.8) is 0 Å². The van der Waals surface area contributed by atoms with Crippen molar-refractivity contribution in [1.82, 2.24) is 5.32 Å². The second-order valence-corrected chi connectivity index (χ2v) is 5.91. The van der Waals surface area contributed by atoms with Crippen LogP contribution in [0.2, 0.25) is 0 Å². The van der Waals surface area contributed by atoms with Gasteiger partial charge < -0.3 is 19.5 Å². The minimum Gasteiger partial charge on any atom is -0.460 e. The number of hydrogen-bond acceptors (Lipinski definition) is 5. The summed E-state index contributed by atoms with van der Waals surface area (Å²) in [6, 6.07) is 7.13. The van der Waals surface area contributed by atoms with Crippen molar-refractivity contribution in [3.8, 4) is 5.75 Å². The number of ether oxygens (including phenoxy) is 3. The molecule has 0 fully saturated rings.